The van der Waals surface area contributed by atoms with Gasteiger partial charge in [-0.05, 0) is 61.4 Å². The SMILES string of the molecule is O=C(COc1ccc(F)cc1)Nc1ccc(NC(=O)NC2CC2)cc1. The molecule has 3 N–H and O–H groups in total. The van der Waals surface area contributed by atoms with Gasteiger partial charge in [0.15, 0.2) is 6.61 Å². The number of benzene rings is 2. The quantitative estimate of drug-likeness (QED) is 0.754. The summed E-state index contributed by atoms with van der Waals surface area (Å²) >= 11 is 0. The summed E-state index contributed by atoms with van der Waals surface area (Å²) < 4.78 is 18.1. The number of nitrogens with one attached hydrogen (secondary N) is 3. The molecule has 130 valence electrons. The number of urea groups is 1. The van der Waals surface area contributed by atoms with Crippen molar-refractivity contribution < 1.29 is 18.7 Å². The van der Waals surface area contributed by atoms with Crippen LogP contribution in [0.2, 0.25) is 0 Å². The van der Waals surface area contributed by atoms with Gasteiger partial charge in [0.05, 0.1) is 0 Å². The molecule has 25 heavy (non-hydrogen) atoms. The molecule has 0 aliphatic heterocycles. The standard InChI is InChI=1S/C18H18FN3O3/c19-12-1-9-16(10-2-12)25-11-17(23)20-13-3-5-14(6-4-13)21-18(24)22-15-7-8-15/h1-6,9-10,15H,7-8,11H2,(H,20,23)(H2,21,22,24). The molecule has 2 aromatic rings. The Bertz CT molecular complexity index is 743. The number of anilines is 2. The Morgan fingerprint density at radius 2 is 1.56 bits per heavy atom. The summed E-state index contributed by atoms with van der Waals surface area (Å²) in [6, 6.07) is 12.3. The first kappa shape index (κ1) is 16.8. The van der Waals surface area contributed by atoms with Crippen molar-refractivity contribution in [2.75, 3.05) is 17.2 Å². The summed E-state index contributed by atoms with van der Waals surface area (Å²) in [6.45, 7) is -0.185. The molecule has 0 radical (unpaired) electrons. The highest BCUT2D eigenvalue weighted by Crippen LogP contribution is 2.19. The largest absolute Gasteiger partial charge is 0.484 e. The van der Waals surface area contributed by atoms with Crippen LogP contribution in [0.5, 0.6) is 5.75 Å². The molecule has 3 amide bonds. The first-order valence-electron chi connectivity index (χ1n) is 7.94. The Balaban J connectivity index is 1.44. The third kappa shape index (κ3) is 5.49. The Kier molecular flexibility index (Phi) is 5.13. The van der Waals surface area contributed by atoms with E-state index >= 15 is 0 Å². The van der Waals surface area contributed by atoms with Crippen LogP contribution in [0.1, 0.15) is 12.8 Å². The lowest BCUT2D eigenvalue weighted by Gasteiger charge is -2.09. The van der Waals surface area contributed by atoms with Gasteiger partial charge in [-0.25, -0.2) is 9.18 Å². The molecule has 1 aliphatic carbocycles. The minimum absolute atomic E-state index is 0.185. The smallest absolute Gasteiger partial charge is 0.319 e. The van der Waals surface area contributed by atoms with Crippen LogP contribution in [0.15, 0.2) is 48.5 Å². The lowest BCUT2D eigenvalue weighted by atomic mass is 10.3. The second-order valence-corrected chi connectivity index (χ2v) is 5.74. The molecule has 0 spiro atoms. The van der Waals surface area contributed by atoms with Gasteiger partial charge in [0, 0.05) is 17.4 Å². The van der Waals surface area contributed by atoms with Crippen molar-refractivity contribution in [3.8, 4) is 5.75 Å². The lowest BCUT2D eigenvalue weighted by Crippen LogP contribution is -2.30. The zero-order chi connectivity index (χ0) is 17.6. The van der Waals surface area contributed by atoms with E-state index in [0.717, 1.165) is 12.8 Å². The molecule has 0 heterocycles. The first-order chi connectivity index (χ1) is 12.1. The van der Waals surface area contributed by atoms with E-state index in [1.54, 1.807) is 24.3 Å². The van der Waals surface area contributed by atoms with Gasteiger partial charge in [0.2, 0.25) is 0 Å². The molecule has 3 rings (SSSR count). The summed E-state index contributed by atoms with van der Waals surface area (Å²) in [5.41, 5.74) is 1.22. The van der Waals surface area contributed by atoms with Crippen molar-refractivity contribution in [3.63, 3.8) is 0 Å². The molecular formula is C18H18FN3O3. The number of hydrogen-bond acceptors (Lipinski definition) is 3. The van der Waals surface area contributed by atoms with E-state index in [2.05, 4.69) is 16.0 Å². The van der Waals surface area contributed by atoms with E-state index < -0.39 is 0 Å². The first-order valence-corrected chi connectivity index (χ1v) is 7.94. The predicted molar refractivity (Wildman–Crippen MR) is 92.1 cm³/mol. The summed E-state index contributed by atoms with van der Waals surface area (Å²) in [5, 5.41) is 8.23. The van der Waals surface area contributed by atoms with Crippen molar-refractivity contribution in [2.45, 2.75) is 18.9 Å². The van der Waals surface area contributed by atoms with Crippen molar-refractivity contribution in [2.24, 2.45) is 0 Å². The van der Waals surface area contributed by atoms with Gasteiger partial charge in [-0.2, -0.15) is 0 Å². The topological polar surface area (TPSA) is 79.5 Å². The monoisotopic (exact) mass is 343 g/mol. The predicted octanol–water partition coefficient (Wildman–Crippen LogP) is 3.13. The maximum absolute atomic E-state index is 12.8. The molecular weight excluding hydrogens is 325 g/mol. The molecule has 1 saturated carbocycles. The fourth-order valence-electron chi connectivity index (χ4n) is 2.09. The molecule has 1 aliphatic rings. The third-order valence-corrected chi connectivity index (χ3v) is 3.52. The van der Waals surface area contributed by atoms with Crippen LogP contribution in [0.4, 0.5) is 20.6 Å². The summed E-state index contributed by atoms with van der Waals surface area (Å²) in [7, 11) is 0. The Morgan fingerprint density at radius 1 is 0.960 bits per heavy atom. The second-order valence-electron chi connectivity index (χ2n) is 5.74. The average Bonchev–Trinajstić information content (AvgIpc) is 3.40. The molecule has 0 aromatic heterocycles. The number of carbonyl (C=O) groups excluding carboxylic acids is 2. The van der Waals surface area contributed by atoms with Gasteiger partial charge < -0.3 is 20.7 Å². The minimum atomic E-state index is -0.365. The van der Waals surface area contributed by atoms with Crippen LogP contribution in [0.25, 0.3) is 0 Å². The van der Waals surface area contributed by atoms with E-state index in [1.807, 2.05) is 0 Å². The highest BCUT2D eigenvalue weighted by atomic mass is 19.1. The average molecular weight is 343 g/mol. The van der Waals surface area contributed by atoms with Gasteiger partial charge in [-0.1, -0.05) is 0 Å². The number of hydrogen-bond donors (Lipinski definition) is 3. The van der Waals surface area contributed by atoms with E-state index in [4.69, 9.17) is 4.74 Å². The molecule has 0 saturated heterocycles. The Hall–Kier alpha value is -3.09. The van der Waals surface area contributed by atoms with Gasteiger partial charge in [0.25, 0.3) is 5.91 Å². The lowest BCUT2D eigenvalue weighted by molar-refractivity contribution is -0.118. The molecule has 7 heteroatoms. The highest BCUT2D eigenvalue weighted by molar-refractivity contribution is 5.93. The van der Waals surface area contributed by atoms with Gasteiger partial charge >= 0.3 is 6.03 Å². The highest BCUT2D eigenvalue weighted by Gasteiger charge is 2.23. The van der Waals surface area contributed by atoms with Gasteiger partial charge in [-0.15, -0.1) is 0 Å². The fourth-order valence-corrected chi connectivity index (χ4v) is 2.09. The van der Waals surface area contributed by atoms with Crippen LogP contribution in [0.3, 0.4) is 0 Å². The molecule has 0 unspecified atom stereocenters. The van der Waals surface area contributed by atoms with Crippen LogP contribution >= 0.6 is 0 Å². The maximum Gasteiger partial charge on any atom is 0.319 e. The van der Waals surface area contributed by atoms with Crippen molar-refractivity contribution in [1.82, 2.24) is 5.32 Å². The minimum Gasteiger partial charge on any atom is -0.484 e. The maximum atomic E-state index is 12.8. The Labute approximate surface area is 144 Å². The zero-order valence-corrected chi connectivity index (χ0v) is 13.4. The van der Waals surface area contributed by atoms with Gasteiger partial charge in [-0.3, -0.25) is 4.79 Å². The zero-order valence-electron chi connectivity index (χ0n) is 13.4. The van der Waals surface area contributed by atoms with Crippen LogP contribution in [-0.4, -0.2) is 24.6 Å². The van der Waals surface area contributed by atoms with Crippen LogP contribution in [0, 0.1) is 5.82 Å². The summed E-state index contributed by atoms with van der Waals surface area (Å²) in [6.07, 6.45) is 2.05. The van der Waals surface area contributed by atoms with Crippen LogP contribution < -0.4 is 20.7 Å². The number of rotatable bonds is 6. The number of ether oxygens (including phenoxy) is 1. The summed E-state index contributed by atoms with van der Waals surface area (Å²) in [4.78, 5) is 23.5. The van der Waals surface area contributed by atoms with E-state index in [9.17, 15) is 14.0 Å². The summed E-state index contributed by atoms with van der Waals surface area (Å²) in [5.74, 6) is -0.286. The molecule has 2 aromatic carbocycles. The molecule has 6 nitrogen and oxygen atoms in total. The van der Waals surface area contributed by atoms with Crippen molar-refractivity contribution >= 4 is 23.3 Å². The number of amides is 3. The van der Waals surface area contributed by atoms with E-state index in [-0.39, 0.29) is 24.4 Å². The number of halogens is 1. The van der Waals surface area contributed by atoms with Crippen LogP contribution in [-0.2, 0) is 4.79 Å². The van der Waals surface area contributed by atoms with E-state index in [1.165, 1.54) is 24.3 Å². The number of carbonyl (C=O) groups is 2. The van der Waals surface area contributed by atoms with E-state index in [0.29, 0.717) is 23.2 Å². The normalized spacial score (nSPS) is 13.0. The van der Waals surface area contributed by atoms with Crippen molar-refractivity contribution in [3.05, 3.63) is 54.3 Å². The second kappa shape index (κ2) is 7.65. The third-order valence-electron chi connectivity index (χ3n) is 3.52. The molecule has 1 fully saturated rings. The fraction of sp³-hybridized carbons (Fsp3) is 0.222. The van der Waals surface area contributed by atoms with Gasteiger partial charge in [0.1, 0.15) is 11.6 Å². The van der Waals surface area contributed by atoms with Crippen molar-refractivity contribution in [1.29, 1.82) is 0 Å². The molecule has 0 bridgehead atoms. The Morgan fingerprint density at radius 3 is 2.16 bits per heavy atom. The molecule has 0 atom stereocenters.